The topological polar surface area (TPSA) is 38.5 Å². The summed E-state index contributed by atoms with van der Waals surface area (Å²) in [7, 11) is 2.15. The molecule has 3 atom stereocenters. The van der Waals surface area contributed by atoms with Gasteiger partial charge in [0.2, 0.25) is 0 Å². The highest BCUT2D eigenvalue weighted by Crippen LogP contribution is 2.24. The first kappa shape index (κ1) is 13.4. The van der Waals surface area contributed by atoms with Gasteiger partial charge in [0.15, 0.2) is 0 Å². The fourth-order valence-electron chi connectivity index (χ4n) is 2.57. The van der Waals surface area contributed by atoms with E-state index in [0.717, 1.165) is 12.2 Å². The van der Waals surface area contributed by atoms with Gasteiger partial charge in [0.05, 0.1) is 12.2 Å². The molecule has 0 bridgehead atoms. The van der Waals surface area contributed by atoms with Gasteiger partial charge in [0.1, 0.15) is 0 Å². The first-order valence-electron chi connectivity index (χ1n) is 6.77. The number of nitrogens with two attached hydrogens (primary N) is 1. The molecular formula is C15H24N2O. The minimum Gasteiger partial charge on any atom is -0.399 e. The quantitative estimate of drug-likeness (QED) is 0.833. The fourth-order valence-corrected chi connectivity index (χ4v) is 2.57. The first-order chi connectivity index (χ1) is 8.56. The standard InChI is InChI=1S/C15H24N2O/c1-11-7-8-15(18-11)10-17(3)12(2)13-5-4-6-14(16)9-13/h4-6,9,11-12,15H,7-8,10,16H2,1-3H3. The van der Waals surface area contributed by atoms with Crippen LogP contribution in [0, 0.1) is 0 Å². The lowest BCUT2D eigenvalue weighted by Crippen LogP contribution is -2.31. The van der Waals surface area contributed by atoms with Gasteiger partial charge in [-0.15, -0.1) is 0 Å². The van der Waals surface area contributed by atoms with Crippen LogP contribution in [0.25, 0.3) is 0 Å². The Hall–Kier alpha value is -1.06. The predicted molar refractivity (Wildman–Crippen MR) is 75.5 cm³/mol. The van der Waals surface area contributed by atoms with Crippen LogP contribution in [0.15, 0.2) is 24.3 Å². The second kappa shape index (κ2) is 5.72. The van der Waals surface area contributed by atoms with Crippen LogP contribution in [0.3, 0.4) is 0 Å². The van der Waals surface area contributed by atoms with Crippen LogP contribution in [-0.2, 0) is 4.74 Å². The minimum absolute atomic E-state index is 0.369. The number of nitrogens with zero attached hydrogens (tertiary/aromatic N) is 1. The summed E-state index contributed by atoms with van der Waals surface area (Å²) in [5, 5.41) is 0. The molecule has 3 nitrogen and oxygen atoms in total. The van der Waals surface area contributed by atoms with Gasteiger partial charge in [-0.1, -0.05) is 12.1 Å². The van der Waals surface area contributed by atoms with Crippen molar-refractivity contribution >= 4 is 5.69 Å². The highest BCUT2D eigenvalue weighted by molar-refractivity contribution is 5.41. The molecule has 1 saturated heterocycles. The molecule has 0 amide bonds. The average Bonchev–Trinajstić information content (AvgIpc) is 2.73. The highest BCUT2D eigenvalue weighted by atomic mass is 16.5. The van der Waals surface area contributed by atoms with Crippen LogP contribution >= 0.6 is 0 Å². The summed E-state index contributed by atoms with van der Waals surface area (Å²) in [6.45, 7) is 5.36. The lowest BCUT2D eigenvalue weighted by Gasteiger charge is -2.27. The van der Waals surface area contributed by atoms with Gasteiger partial charge in [-0.05, 0) is 51.4 Å². The van der Waals surface area contributed by atoms with Gasteiger partial charge in [0, 0.05) is 18.3 Å². The summed E-state index contributed by atoms with van der Waals surface area (Å²) >= 11 is 0. The van der Waals surface area contributed by atoms with Crippen molar-refractivity contribution in [3.05, 3.63) is 29.8 Å². The zero-order valence-corrected chi connectivity index (χ0v) is 11.6. The molecule has 1 heterocycles. The van der Waals surface area contributed by atoms with Crippen molar-refractivity contribution in [1.82, 2.24) is 4.90 Å². The van der Waals surface area contributed by atoms with E-state index in [-0.39, 0.29) is 0 Å². The smallest absolute Gasteiger partial charge is 0.0706 e. The van der Waals surface area contributed by atoms with E-state index in [0.29, 0.717) is 18.2 Å². The molecule has 1 aromatic rings. The Balaban J connectivity index is 1.94. The number of hydrogen-bond acceptors (Lipinski definition) is 3. The summed E-state index contributed by atoms with van der Waals surface area (Å²) in [4.78, 5) is 2.34. The third-order valence-electron chi connectivity index (χ3n) is 3.87. The van der Waals surface area contributed by atoms with Crippen molar-refractivity contribution < 1.29 is 4.74 Å². The molecule has 2 N–H and O–H groups in total. The molecule has 0 spiro atoms. The Kier molecular flexibility index (Phi) is 4.25. The Labute approximate surface area is 110 Å². The molecular weight excluding hydrogens is 224 g/mol. The van der Waals surface area contributed by atoms with Crippen molar-refractivity contribution in [2.45, 2.75) is 44.9 Å². The molecule has 1 aliphatic rings. The summed E-state index contributed by atoms with van der Waals surface area (Å²) in [5.74, 6) is 0. The van der Waals surface area contributed by atoms with Crippen molar-refractivity contribution in [2.24, 2.45) is 0 Å². The molecule has 0 saturated carbocycles. The normalized spacial score (nSPS) is 25.6. The molecule has 100 valence electrons. The number of ether oxygens (including phenoxy) is 1. The Morgan fingerprint density at radius 2 is 2.22 bits per heavy atom. The van der Waals surface area contributed by atoms with Crippen molar-refractivity contribution in [2.75, 3.05) is 19.3 Å². The van der Waals surface area contributed by atoms with Crippen molar-refractivity contribution in [1.29, 1.82) is 0 Å². The zero-order valence-electron chi connectivity index (χ0n) is 11.6. The monoisotopic (exact) mass is 248 g/mol. The van der Waals surface area contributed by atoms with Crippen LogP contribution in [-0.4, -0.2) is 30.7 Å². The van der Waals surface area contributed by atoms with Crippen molar-refractivity contribution in [3.63, 3.8) is 0 Å². The van der Waals surface area contributed by atoms with E-state index in [2.05, 4.69) is 37.9 Å². The molecule has 0 radical (unpaired) electrons. The number of rotatable bonds is 4. The third kappa shape index (κ3) is 3.24. The SMILES string of the molecule is CC1CCC(CN(C)C(C)c2cccc(N)c2)O1. The molecule has 18 heavy (non-hydrogen) atoms. The number of benzene rings is 1. The highest BCUT2D eigenvalue weighted by Gasteiger charge is 2.24. The molecule has 1 aromatic carbocycles. The second-order valence-corrected chi connectivity index (χ2v) is 5.43. The van der Waals surface area contributed by atoms with E-state index >= 15 is 0 Å². The molecule has 1 aliphatic heterocycles. The number of hydrogen-bond donors (Lipinski definition) is 1. The summed E-state index contributed by atoms with van der Waals surface area (Å²) in [5.41, 5.74) is 7.93. The van der Waals surface area contributed by atoms with Crippen LogP contribution < -0.4 is 5.73 Å². The maximum atomic E-state index is 5.88. The van der Waals surface area contributed by atoms with E-state index in [1.165, 1.54) is 18.4 Å². The zero-order chi connectivity index (χ0) is 13.1. The largest absolute Gasteiger partial charge is 0.399 e. The van der Waals surface area contributed by atoms with Crippen LogP contribution in [0.2, 0.25) is 0 Å². The fraction of sp³-hybridized carbons (Fsp3) is 0.600. The summed E-state index contributed by atoms with van der Waals surface area (Å²) in [6.07, 6.45) is 3.17. The molecule has 3 heteroatoms. The maximum absolute atomic E-state index is 5.88. The lowest BCUT2D eigenvalue weighted by molar-refractivity contribution is 0.0296. The van der Waals surface area contributed by atoms with Gasteiger partial charge in [-0.25, -0.2) is 0 Å². The van der Waals surface area contributed by atoms with Crippen molar-refractivity contribution in [3.8, 4) is 0 Å². The predicted octanol–water partition coefficient (Wildman–Crippen LogP) is 2.83. The maximum Gasteiger partial charge on any atom is 0.0706 e. The van der Waals surface area contributed by atoms with E-state index < -0.39 is 0 Å². The van der Waals surface area contributed by atoms with E-state index in [1.54, 1.807) is 0 Å². The summed E-state index contributed by atoms with van der Waals surface area (Å²) < 4.78 is 5.88. The van der Waals surface area contributed by atoms with E-state index in [4.69, 9.17) is 10.5 Å². The van der Waals surface area contributed by atoms with Gasteiger partial charge < -0.3 is 10.5 Å². The Bertz CT molecular complexity index is 394. The van der Waals surface area contributed by atoms with Gasteiger partial charge in [-0.2, -0.15) is 0 Å². The van der Waals surface area contributed by atoms with Gasteiger partial charge in [-0.3, -0.25) is 4.90 Å². The molecule has 1 fully saturated rings. The van der Waals surface area contributed by atoms with E-state index in [1.807, 2.05) is 12.1 Å². The number of nitrogen functional groups attached to an aromatic ring is 1. The molecule has 0 aliphatic carbocycles. The molecule has 0 aromatic heterocycles. The average molecular weight is 248 g/mol. The Morgan fingerprint density at radius 3 is 2.83 bits per heavy atom. The second-order valence-electron chi connectivity index (χ2n) is 5.43. The molecule has 2 rings (SSSR count). The number of anilines is 1. The molecule has 3 unspecified atom stereocenters. The lowest BCUT2D eigenvalue weighted by atomic mass is 10.1. The first-order valence-corrected chi connectivity index (χ1v) is 6.77. The van der Waals surface area contributed by atoms with Gasteiger partial charge >= 0.3 is 0 Å². The number of likely N-dealkylation sites (N-methyl/N-ethyl adjacent to an activating group) is 1. The summed E-state index contributed by atoms with van der Waals surface area (Å²) in [6, 6.07) is 8.50. The van der Waals surface area contributed by atoms with Crippen LogP contribution in [0.5, 0.6) is 0 Å². The Morgan fingerprint density at radius 1 is 1.44 bits per heavy atom. The minimum atomic E-state index is 0.369. The van der Waals surface area contributed by atoms with Crippen LogP contribution in [0.1, 0.15) is 38.3 Å². The van der Waals surface area contributed by atoms with Crippen LogP contribution in [0.4, 0.5) is 5.69 Å². The third-order valence-corrected chi connectivity index (χ3v) is 3.87. The van der Waals surface area contributed by atoms with Gasteiger partial charge in [0.25, 0.3) is 0 Å². The van der Waals surface area contributed by atoms with E-state index in [9.17, 15) is 0 Å².